The Labute approximate surface area is 91.2 Å². The third-order valence-corrected chi connectivity index (χ3v) is 2.62. The van der Waals surface area contributed by atoms with Crippen LogP contribution in [0.5, 0.6) is 0 Å². The second-order valence-electron chi connectivity index (χ2n) is 3.32. The first-order valence-electron chi connectivity index (χ1n) is 4.50. The fourth-order valence-electron chi connectivity index (χ4n) is 1.10. The van der Waals surface area contributed by atoms with E-state index in [0.717, 1.165) is 5.82 Å². The van der Waals surface area contributed by atoms with Crippen LogP contribution in [0.3, 0.4) is 0 Å². The summed E-state index contributed by atoms with van der Waals surface area (Å²) in [5.74, 6) is 1.43. The molecule has 2 rings (SSSR count). The fourth-order valence-corrected chi connectivity index (χ4v) is 1.90. The molecular weight excluding hydrogens is 210 g/mol. The Kier molecular flexibility index (Phi) is 2.47. The van der Waals surface area contributed by atoms with Crippen LogP contribution in [0.1, 0.15) is 31.4 Å². The van der Waals surface area contributed by atoms with Gasteiger partial charge in [0.2, 0.25) is 11.0 Å². The number of hydrogen-bond donors (Lipinski definition) is 0. The van der Waals surface area contributed by atoms with Crippen LogP contribution in [0.25, 0.3) is 5.13 Å². The number of nitriles is 1. The van der Waals surface area contributed by atoms with Gasteiger partial charge in [-0.15, -0.1) is 0 Å². The monoisotopic (exact) mass is 219 g/mol. The molecule has 0 N–H and O–H groups in total. The van der Waals surface area contributed by atoms with E-state index in [0.29, 0.717) is 16.9 Å². The second-order valence-corrected chi connectivity index (χ2v) is 4.05. The van der Waals surface area contributed by atoms with Crippen molar-refractivity contribution in [2.45, 2.75) is 19.8 Å². The molecule has 0 atom stereocenters. The van der Waals surface area contributed by atoms with Crippen LogP contribution in [0.2, 0.25) is 0 Å². The molecule has 0 bridgehead atoms. The molecule has 0 aliphatic heterocycles. The third-order valence-electron chi connectivity index (χ3n) is 1.89. The number of hydrogen-bond acceptors (Lipinski definition) is 5. The summed E-state index contributed by atoms with van der Waals surface area (Å²) in [6.45, 7) is 4.07. The van der Waals surface area contributed by atoms with E-state index in [1.165, 1.54) is 11.5 Å². The van der Waals surface area contributed by atoms with Gasteiger partial charge in [-0.3, -0.25) is 4.57 Å². The minimum absolute atomic E-state index is 0.295. The Morgan fingerprint density at radius 3 is 2.93 bits per heavy atom. The Balaban J connectivity index is 2.42. The molecule has 2 heterocycles. The van der Waals surface area contributed by atoms with Gasteiger partial charge in [-0.1, -0.05) is 13.8 Å². The van der Waals surface area contributed by atoms with E-state index in [-0.39, 0.29) is 0 Å². The minimum atomic E-state index is 0.295. The Bertz CT molecular complexity index is 505. The van der Waals surface area contributed by atoms with Crippen LogP contribution < -0.4 is 0 Å². The molecule has 5 nitrogen and oxygen atoms in total. The first-order chi connectivity index (χ1) is 7.22. The molecule has 2 aromatic heterocycles. The molecule has 2 aromatic rings. The van der Waals surface area contributed by atoms with Gasteiger partial charge in [-0.2, -0.15) is 9.64 Å². The van der Waals surface area contributed by atoms with Crippen LogP contribution in [0.4, 0.5) is 0 Å². The zero-order valence-corrected chi connectivity index (χ0v) is 9.19. The highest BCUT2D eigenvalue weighted by molar-refractivity contribution is 7.08. The lowest BCUT2D eigenvalue weighted by molar-refractivity contribution is 0.792. The summed E-state index contributed by atoms with van der Waals surface area (Å²) in [5, 5.41) is 9.50. The molecule has 0 amide bonds. The average Bonchev–Trinajstić information content (AvgIpc) is 2.85. The second kappa shape index (κ2) is 3.79. The van der Waals surface area contributed by atoms with Crippen molar-refractivity contribution in [3.8, 4) is 11.2 Å². The molecule has 0 aromatic carbocycles. The first kappa shape index (κ1) is 9.80. The predicted octanol–water partition coefficient (Wildman–Crippen LogP) is 1.72. The van der Waals surface area contributed by atoms with Crippen molar-refractivity contribution in [2.75, 3.05) is 0 Å². The van der Waals surface area contributed by atoms with Crippen molar-refractivity contribution in [1.82, 2.24) is 18.9 Å². The summed E-state index contributed by atoms with van der Waals surface area (Å²) < 4.78 is 5.86. The first-order valence-corrected chi connectivity index (χ1v) is 5.27. The van der Waals surface area contributed by atoms with Crippen molar-refractivity contribution in [2.24, 2.45) is 0 Å². The summed E-state index contributed by atoms with van der Waals surface area (Å²) >= 11 is 1.28. The van der Waals surface area contributed by atoms with Crippen molar-refractivity contribution < 1.29 is 0 Å². The largest absolute Gasteiger partial charge is 0.265 e. The molecule has 0 radical (unpaired) electrons. The van der Waals surface area contributed by atoms with E-state index in [1.807, 2.05) is 19.9 Å². The van der Waals surface area contributed by atoms with Crippen LogP contribution in [0, 0.1) is 11.3 Å². The molecule has 76 valence electrons. The number of imidazole rings is 1. The lowest BCUT2D eigenvalue weighted by Crippen LogP contribution is -1.97. The highest BCUT2D eigenvalue weighted by Crippen LogP contribution is 2.17. The normalized spacial score (nSPS) is 10.5. The lowest BCUT2D eigenvalue weighted by Gasteiger charge is -1.96. The molecule has 0 fully saturated rings. The van der Waals surface area contributed by atoms with Crippen molar-refractivity contribution in [1.29, 1.82) is 5.26 Å². The Morgan fingerprint density at radius 1 is 1.53 bits per heavy atom. The van der Waals surface area contributed by atoms with E-state index in [4.69, 9.17) is 5.26 Å². The van der Waals surface area contributed by atoms with Gasteiger partial charge in [0.1, 0.15) is 11.9 Å². The highest BCUT2D eigenvalue weighted by atomic mass is 32.1. The van der Waals surface area contributed by atoms with Gasteiger partial charge in [-0.25, -0.2) is 9.97 Å². The third kappa shape index (κ3) is 1.74. The van der Waals surface area contributed by atoms with Gasteiger partial charge in [0.05, 0.1) is 0 Å². The fraction of sp³-hybridized carbons (Fsp3) is 0.333. The standard InChI is InChI=1S/C9H9N5S/c1-6(2)8-12-9(15-13-8)14-4-3-11-7(14)5-10/h3-4,6H,1-2H3. The molecule has 0 saturated heterocycles. The lowest BCUT2D eigenvalue weighted by atomic mass is 10.2. The van der Waals surface area contributed by atoms with Gasteiger partial charge in [0.25, 0.3) is 0 Å². The number of nitrogens with zero attached hydrogens (tertiary/aromatic N) is 5. The number of rotatable bonds is 2. The van der Waals surface area contributed by atoms with Crippen LogP contribution in [-0.4, -0.2) is 18.9 Å². The van der Waals surface area contributed by atoms with E-state index < -0.39 is 0 Å². The summed E-state index contributed by atoms with van der Waals surface area (Å²) in [4.78, 5) is 8.25. The van der Waals surface area contributed by atoms with Crippen LogP contribution >= 0.6 is 11.5 Å². The summed E-state index contributed by atoms with van der Waals surface area (Å²) in [7, 11) is 0. The molecule has 0 unspecified atom stereocenters. The summed E-state index contributed by atoms with van der Waals surface area (Å²) in [5.41, 5.74) is 0. The summed E-state index contributed by atoms with van der Waals surface area (Å²) in [6.07, 6.45) is 3.29. The van der Waals surface area contributed by atoms with Crippen molar-refractivity contribution >= 4 is 11.5 Å². The van der Waals surface area contributed by atoms with E-state index in [2.05, 4.69) is 14.3 Å². The molecule has 0 spiro atoms. The SMILES string of the molecule is CC(C)c1nsc(-n2ccnc2C#N)n1. The molecule has 0 saturated carbocycles. The van der Waals surface area contributed by atoms with E-state index in [1.54, 1.807) is 17.0 Å². The van der Waals surface area contributed by atoms with E-state index >= 15 is 0 Å². The maximum Gasteiger partial charge on any atom is 0.219 e. The molecule has 6 heteroatoms. The van der Waals surface area contributed by atoms with Crippen molar-refractivity contribution in [3.05, 3.63) is 24.0 Å². The van der Waals surface area contributed by atoms with Crippen molar-refractivity contribution in [3.63, 3.8) is 0 Å². The Morgan fingerprint density at radius 2 is 2.33 bits per heavy atom. The van der Waals surface area contributed by atoms with Gasteiger partial charge in [0, 0.05) is 29.8 Å². The highest BCUT2D eigenvalue weighted by Gasteiger charge is 2.11. The Hall–Kier alpha value is -1.74. The van der Waals surface area contributed by atoms with E-state index in [9.17, 15) is 0 Å². The smallest absolute Gasteiger partial charge is 0.219 e. The quantitative estimate of drug-likeness (QED) is 0.771. The maximum atomic E-state index is 8.81. The molecule has 0 aliphatic rings. The minimum Gasteiger partial charge on any atom is -0.265 e. The molecular formula is C9H9N5S. The zero-order valence-electron chi connectivity index (χ0n) is 8.38. The molecule has 0 aliphatic carbocycles. The topological polar surface area (TPSA) is 67.4 Å². The van der Waals surface area contributed by atoms with Crippen LogP contribution in [0.15, 0.2) is 12.4 Å². The van der Waals surface area contributed by atoms with Gasteiger partial charge in [-0.05, 0) is 0 Å². The number of aromatic nitrogens is 4. The zero-order chi connectivity index (χ0) is 10.8. The van der Waals surface area contributed by atoms with Gasteiger partial charge < -0.3 is 0 Å². The van der Waals surface area contributed by atoms with Crippen LogP contribution in [-0.2, 0) is 0 Å². The molecule has 15 heavy (non-hydrogen) atoms. The summed E-state index contributed by atoms with van der Waals surface area (Å²) in [6, 6.07) is 2.00. The maximum absolute atomic E-state index is 8.81. The van der Waals surface area contributed by atoms with Gasteiger partial charge in [0.15, 0.2) is 0 Å². The average molecular weight is 219 g/mol. The predicted molar refractivity (Wildman–Crippen MR) is 55.8 cm³/mol. The van der Waals surface area contributed by atoms with Gasteiger partial charge >= 0.3 is 0 Å².